The molecule has 2 rings (SSSR count). The van der Waals surface area contributed by atoms with Crippen molar-refractivity contribution in [3.8, 4) is 11.5 Å². The fraction of sp³-hybridized carbons (Fsp3) is 0.188. The maximum atomic E-state index is 12.1. The third-order valence-corrected chi connectivity index (χ3v) is 3.55. The molecule has 0 spiro atoms. The van der Waals surface area contributed by atoms with E-state index in [4.69, 9.17) is 9.47 Å². The number of ketones is 1. The van der Waals surface area contributed by atoms with Crippen LogP contribution >= 0.6 is 15.9 Å². The Morgan fingerprint density at radius 3 is 2.55 bits per heavy atom. The third-order valence-electron chi connectivity index (χ3n) is 2.93. The molecule has 104 valence electrons. The largest absolute Gasteiger partial charge is 0.496 e. The minimum absolute atomic E-state index is 0.0175. The highest BCUT2D eigenvalue weighted by Crippen LogP contribution is 2.26. The van der Waals surface area contributed by atoms with Gasteiger partial charge in [0.25, 0.3) is 0 Å². The Morgan fingerprint density at radius 2 is 1.90 bits per heavy atom. The van der Waals surface area contributed by atoms with Gasteiger partial charge in [-0.2, -0.15) is 0 Å². The quantitative estimate of drug-likeness (QED) is 0.774. The Labute approximate surface area is 126 Å². The number of carbonyl (C=O) groups is 1. The SMILES string of the molecule is COc1ccc(C(=O)COc2ccccc2C)cc1Br. The predicted octanol–water partition coefficient (Wildman–Crippen LogP) is 4.03. The lowest BCUT2D eigenvalue weighted by molar-refractivity contribution is 0.0921. The molecule has 3 nitrogen and oxygen atoms in total. The minimum Gasteiger partial charge on any atom is -0.496 e. The average Bonchev–Trinajstić information content (AvgIpc) is 2.46. The molecule has 4 heteroatoms. The van der Waals surface area contributed by atoms with E-state index in [2.05, 4.69) is 15.9 Å². The van der Waals surface area contributed by atoms with Crippen molar-refractivity contribution in [1.82, 2.24) is 0 Å². The predicted molar refractivity (Wildman–Crippen MR) is 81.7 cm³/mol. The lowest BCUT2D eigenvalue weighted by Crippen LogP contribution is -2.12. The molecule has 2 aromatic carbocycles. The van der Waals surface area contributed by atoms with E-state index in [0.717, 1.165) is 15.8 Å². The normalized spacial score (nSPS) is 10.2. The van der Waals surface area contributed by atoms with Crippen LogP contribution in [-0.2, 0) is 0 Å². The summed E-state index contributed by atoms with van der Waals surface area (Å²) in [4.78, 5) is 12.1. The molecule has 0 saturated heterocycles. The zero-order valence-electron chi connectivity index (χ0n) is 11.4. The highest BCUT2D eigenvalue weighted by Gasteiger charge is 2.10. The minimum atomic E-state index is -0.0726. The van der Waals surface area contributed by atoms with Crippen LogP contribution in [0, 0.1) is 6.92 Å². The van der Waals surface area contributed by atoms with Gasteiger partial charge in [0.2, 0.25) is 0 Å². The number of halogens is 1. The molecular weight excluding hydrogens is 320 g/mol. The first-order chi connectivity index (χ1) is 9.61. The van der Waals surface area contributed by atoms with Crippen molar-refractivity contribution in [2.24, 2.45) is 0 Å². The van der Waals surface area contributed by atoms with Crippen LogP contribution in [0.5, 0.6) is 11.5 Å². The molecule has 0 aliphatic rings. The highest BCUT2D eigenvalue weighted by atomic mass is 79.9. The summed E-state index contributed by atoms with van der Waals surface area (Å²) >= 11 is 3.37. The first kappa shape index (κ1) is 14.6. The van der Waals surface area contributed by atoms with Crippen LogP contribution in [0.4, 0.5) is 0 Å². The van der Waals surface area contributed by atoms with Gasteiger partial charge < -0.3 is 9.47 Å². The Kier molecular flexibility index (Phi) is 4.79. The summed E-state index contributed by atoms with van der Waals surface area (Å²) in [5.74, 6) is 1.35. The lowest BCUT2D eigenvalue weighted by atomic mass is 10.1. The Morgan fingerprint density at radius 1 is 1.15 bits per heavy atom. The van der Waals surface area contributed by atoms with Crippen LogP contribution in [0.1, 0.15) is 15.9 Å². The second kappa shape index (κ2) is 6.57. The molecule has 20 heavy (non-hydrogen) atoms. The van der Waals surface area contributed by atoms with E-state index in [0.29, 0.717) is 11.3 Å². The van der Waals surface area contributed by atoms with E-state index in [1.54, 1.807) is 25.3 Å². The molecule has 0 heterocycles. The molecule has 0 aliphatic carbocycles. The van der Waals surface area contributed by atoms with Gasteiger partial charge in [-0.3, -0.25) is 4.79 Å². The van der Waals surface area contributed by atoms with E-state index < -0.39 is 0 Å². The molecule has 0 bridgehead atoms. The number of ether oxygens (including phenoxy) is 2. The maximum absolute atomic E-state index is 12.1. The van der Waals surface area contributed by atoms with Crippen LogP contribution in [0.2, 0.25) is 0 Å². The monoisotopic (exact) mass is 334 g/mol. The fourth-order valence-corrected chi connectivity index (χ4v) is 2.33. The summed E-state index contributed by atoms with van der Waals surface area (Å²) in [5, 5.41) is 0. The molecule has 0 radical (unpaired) electrons. The standard InChI is InChI=1S/C16H15BrO3/c1-11-5-3-4-6-15(11)20-10-14(18)12-7-8-16(19-2)13(17)9-12/h3-9H,10H2,1-2H3. The van der Waals surface area contributed by atoms with E-state index >= 15 is 0 Å². The number of carbonyl (C=O) groups excluding carboxylic acids is 1. The summed E-state index contributed by atoms with van der Waals surface area (Å²) in [5.41, 5.74) is 1.60. The van der Waals surface area contributed by atoms with E-state index in [9.17, 15) is 4.79 Å². The topological polar surface area (TPSA) is 35.5 Å². The summed E-state index contributed by atoms with van der Waals surface area (Å²) in [6.07, 6.45) is 0. The number of rotatable bonds is 5. The van der Waals surface area contributed by atoms with Crippen LogP contribution in [0.3, 0.4) is 0 Å². The number of para-hydroxylation sites is 1. The zero-order valence-corrected chi connectivity index (χ0v) is 12.9. The molecule has 0 N–H and O–H groups in total. The van der Waals surface area contributed by atoms with Gasteiger partial charge in [0.15, 0.2) is 12.4 Å². The maximum Gasteiger partial charge on any atom is 0.200 e. The molecule has 0 saturated carbocycles. The number of hydrogen-bond donors (Lipinski definition) is 0. The zero-order chi connectivity index (χ0) is 14.5. The van der Waals surface area contributed by atoms with Crippen molar-refractivity contribution in [2.45, 2.75) is 6.92 Å². The smallest absolute Gasteiger partial charge is 0.200 e. The highest BCUT2D eigenvalue weighted by molar-refractivity contribution is 9.10. The lowest BCUT2D eigenvalue weighted by Gasteiger charge is -2.09. The first-order valence-electron chi connectivity index (χ1n) is 6.17. The molecule has 0 atom stereocenters. The Hall–Kier alpha value is -1.81. The number of aryl methyl sites for hydroxylation is 1. The van der Waals surface area contributed by atoms with Crippen molar-refractivity contribution in [3.05, 3.63) is 58.1 Å². The van der Waals surface area contributed by atoms with Crippen LogP contribution < -0.4 is 9.47 Å². The van der Waals surface area contributed by atoms with Crippen molar-refractivity contribution < 1.29 is 14.3 Å². The van der Waals surface area contributed by atoms with Gasteiger partial charge in [-0.1, -0.05) is 18.2 Å². The number of benzene rings is 2. The van der Waals surface area contributed by atoms with Crippen molar-refractivity contribution in [1.29, 1.82) is 0 Å². The molecule has 0 aliphatic heterocycles. The number of Topliss-reactive ketones (excluding diaryl/α,β-unsaturated/α-hetero) is 1. The van der Waals surface area contributed by atoms with E-state index in [1.165, 1.54) is 0 Å². The van der Waals surface area contributed by atoms with Crippen LogP contribution in [-0.4, -0.2) is 19.5 Å². The molecular formula is C16H15BrO3. The van der Waals surface area contributed by atoms with Gasteiger partial charge in [0, 0.05) is 5.56 Å². The van der Waals surface area contributed by atoms with E-state index in [1.807, 2.05) is 31.2 Å². The molecule has 0 unspecified atom stereocenters. The second-order valence-corrected chi connectivity index (χ2v) is 5.18. The summed E-state index contributed by atoms with van der Waals surface area (Å²) in [7, 11) is 1.59. The first-order valence-corrected chi connectivity index (χ1v) is 6.96. The van der Waals surface area contributed by atoms with Gasteiger partial charge in [0.1, 0.15) is 11.5 Å². The fourth-order valence-electron chi connectivity index (χ4n) is 1.78. The van der Waals surface area contributed by atoms with Gasteiger partial charge in [-0.25, -0.2) is 0 Å². The van der Waals surface area contributed by atoms with Gasteiger partial charge in [0.05, 0.1) is 11.6 Å². The Bertz CT molecular complexity index is 623. The summed E-state index contributed by atoms with van der Waals surface area (Å²) in [6.45, 7) is 1.97. The average molecular weight is 335 g/mol. The third kappa shape index (κ3) is 3.39. The van der Waals surface area contributed by atoms with Gasteiger partial charge >= 0.3 is 0 Å². The van der Waals surface area contributed by atoms with Crippen LogP contribution in [0.15, 0.2) is 46.9 Å². The molecule has 0 aromatic heterocycles. The second-order valence-electron chi connectivity index (χ2n) is 4.33. The molecule has 0 amide bonds. The van der Waals surface area contributed by atoms with Gasteiger partial charge in [-0.05, 0) is 52.7 Å². The Balaban J connectivity index is 2.05. The number of hydrogen-bond acceptors (Lipinski definition) is 3. The van der Waals surface area contributed by atoms with Gasteiger partial charge in [-0.15, -0.1) is 0 Å². The summed E-state index contributed by atoms with van der Waals surface area (Å²) < 4.78 is 11.4. The van der Waals surface area contributed by atoms with Crippen LogP contribution in [0.25, 0.3) is 0 Å². The molecule has 2 aromatic rings. The van der Waals surface area contributed by atoms with Crippen molar-refractivity contribution >= 4 is 21.7 Å². The number of methoxy groups -OCH3 is 1. The molecule has 0 fully saturated rings. The van der Waals surface area contributed by atoms with Crippen molar-refractivity contribution in [2.75, 3.05) is 13.7 Å². The summed E-state index contributed by atoms with van der Waals surface area (Å²) in [6, 6.07) is 12.8. The van der Waals surface area contributed by atoms with Crippen molar-refractivity contribution in [3.63, 3.8) is 0 Å². The van der Waals surface area contributed by atoms with E-state index in [-0.39, 0.29) is 12.4 Å².